The Labute approximate surface area is 117 Å². The van der Waals surface area contributed by atoms with Gasteiger partial charge in [0.25, 0.3) is 0 Å². The molecular weight excluding hydrogens is 280 g/mol. The fourth-order valence-corrected chi connectivity index (χ4v) is 2.71. The number of nitrogens with zero attached hydrogens (tertiary/aromatic N) is 4. The van der Waals surface area contributed by atoms with E-state index in [1.54, 1.807) is 12.3 Å². The van der Waals surface area contributed by atoms with Gasteiger partial charge in [-0.2, -0.15) is 5.10 Å². The summed E-state index contributed by atoms with van der Waals surface area (Å²) in [6.45, 7) is 2.66. The van der Waals surface area contributed by atoms with Crippen molar-refractivity contribution in [1.29, 1.82) is 0 Å². The van der Waals surface area contributed by atoms with E-state index in [0.717, 1.165) is 6.42 Å². The van der Waals surface area contributed by atoms with Crippen molar-refractivity contribution in [3.05, 3.63) is 30.5 Å². The van der Waals surface area contributed by atoms with Crippen molar-refractivity contribution < 1.29 is 8.42 Å². The molecule has 0 aromatic carbocycles. The topological polar surface area (TPSA) is 116 Å². The number of sulfonamides is 1. The quantitative estimate of drug-likeness (QED) is 0.783. The fraction of sp³-hybridized carbons (Fsp3) is 0.364. The van der Waals surface area contributed by atoms with Gasteiger partial charge in [0.15, 0.2) is 5.82 Å². The van der Waals surface area contributed by atoms with Crippen LogP contribution in [0.1, 0.15) is 19.0 Å². The van der Waals surface area contributed by atoms with Gasteiger partial charge in [-0.25, -0.2) is 23.1 Å². The smallest absolute Gasteiger partial charge is 0.246 e. The van der Waals surface area contributed by atoms with Crippen molar-refractivity contribution in [2.45, 2.75) is 31.3 Å². The molecule has 3 N–H and O–H groups in total. The van der Waals surface area contributed by atoms with Crippen molar-refractivity contribution in [1.82, 2.24) is 24.5 Å². The van der Waals surface area contributed by atoms with E-state index in [9.17, 15) is 8.42 Å². The van der Waals surface area contributed by atoms with E-state index in [1.807, 2.05) is 6.92 Å². The van der Waals surface area contributed by atoms with E-state index in [2.05, 4.69) is 19.8 Å². The highest BCUT2D eigenvalue weighted by molar-refractivity contribution is 7.89. The summed E-state index contributed by atoms with van der Waals surface area (Å²) >= 11 is 0. The molecule has 108 valence electrons. The van der Waals surface area contributed by atoms with E-state index in [-0.39, 0.29) is 17.3 Å². The molecule has 2 aromatic heterocycles. The lowest BCUT2D eigenvalue weighted by Gasteiger charge is -2.04. The van der Waals surface area contributed by atoms with E-state index >= 15 is 0 Å². The molecule has 0 radical (unpaired) electrons. The Hall–Kier alpha value is -2.00. The van der Waals surface area contributed by atoms with Crippen molar-refractivity contribution in [2.75, 3.05) is 5.73 Å². The van der Waals surface area contributed by atoms with Gasteiger partial charge in [-0.05, 0) is 12.5 Å². The van der Waals surface area contributed by atoms with Crippen LogP contribution in [-0.2, 0) is 23.1 Å². The highest BCUT2D eigenvalue weighted by Crippen LogP contribution is 2.16. The van der Waals surface area contributed by atoms with Crippen LogP contribution in [0.2, 0.25) is 0 Å². The van der Waals surface area contributed by atoms with Crippen LogP contribution in [0.3, 0.4) is 0 Å². The molecule has 0 saturated heterocycles. The first kappa shape index (κ1) is 14.4. The van der Waals surface area contributed by atoms with Crippen molar-refractivity contribution in [2.24, 2.45) is 0 Å². The number of hydrogen-bond donors (Lipinski definition) is 2. The number of nitrogens with two attached hydrogens (primary N) is 1. The molecule has 0 fully saturated rings. The molecule has 2 heterocycles. The van der Waals surface area contributed by atoms with Gasteiger partial charge >= 0.3 is 0 Å². The van der Waals surface area contributed by atoms with Gasteiger partial charge in [0.05, 0.1) is 12.2 Å². The van der Waals surface area contributed by atoms with Crippen LogP contribution in [0.15, 0.2) is 29.7 Å². The highest BCUT2D eigenvalue weighted by Gasteiger charge is 2.20. The molecule has 0 spiro atoms. The molecule has 0 saturated carbocycles. The van der Waals surface area contributed by atoms with E-state index in [4.69, 9.17) is 5.73 Å². The van der Waals surface area contributed by atoms with E-state index in [1.165, 1.54) is 17.2 Å². The average molecular weight is 296 g/mol. The zero-order valence-corrected chi connectivity index (χ0v) is 11.8. The van der Waals surface area contributed by atoms with Gasteiger partial charge in [0.1, 0.15) is 11.2 Å². The van der Waals surface area contributed by atoms with Crippen LogP contribution >= 0.6 is 0 Å². The highest BCUT2D eigenvalue weighted by atomic mass is 32.2. The first-order valence-corrected chi connectivity index (χ1v) is 7.58. The summed E-state index contributed by atoms with van der Waals surface area (Å²) in [4.78, 5) is 7.69. The van der Waals surface area contributed by atoms with Crippen LogP contribution in [0.4, 0.5) is 5.82 Å². The average Bonchev–Trinajstić information content (AvgIpc) is 2.80. The van der Waals surface area contributed by atoms with Crippen LogP contribution in [0.25, 0.3) is 0 Å². The Balaban J connectivity index is 2.14. The fourth-order valence-electron chi connectivity index (χ4n) is 1.64. The maximum atomic E-state index is 12.2. The minimum absolute atomic E-state index is 0.00589. The number of nitrogens with one attached hydrogen (secondary N) is 1. The summed E-state index contributed by atoms with van der Waals surface area (Å²) in [5, 5.41) is 3.97. The van der Waals surface area contributed by atoms with Crippen molar-refractivity contribution >= 4 is 15.8 Å². The van der Waals surface area contributed by atoms with Crippen LogP contribution in [0.5, 0.6) is 0 Å². The molecule has 0 aliphatic rings. The maximum Gasteiger partial charge on any atom is 0.246 e. The molecule has 0 bridgehead atoms. The lowest BCUT2D eigenvalue weighted by molar-refractivity contribution is 0.578. The first-order valence-electron chi connectivity index (χ1n) is 6.10. The minimum Gasteiger partial charge on any atom is -0.381 e. The summed E-state index contributed by atoms with van der Waals surface area (Å²) in [7, 11) is -3.71. The lowest BCUT2D eigenvalue weighted by Crippen LogP contribution is -2.24. The van der Waals surface area contributed by atoms with E-state index in [0.29, 0.717) is 12.2 Å². The molecule has 0 amide bonds. The van der Waals surface area contributed by atoms with Gasteiger partial charge in [0, 0.05) is 18.9 Å². The minimum atomic E-state index is -3.71. The van der Waals surface area contributed by atoms with Crippen molar-refractivity contribution in [3.8, 4) is 0 Å². The normalized spacial score (nSPS) is 11.7. The van der Waals surface area contributed by atoms with Crippen LogP contribution < -0.4 is 10.5 Å². The molecule has 0 aliphatic heterocycles. The van der Waals surface area contributed by atoms with Crippen molar-refractivity contribution in [3.63, 3.8) is 0 Å². The molecule has 0 atom stereocenters. The molecule has 9 heteroatoms. The SMILES string of the molecule is CCCn1cc(S(=O)(=O)NCc2ccncn2)c(N)n1. The zero-order valence-electron chi connectivity index (χ0n) is 11.0. The second kappa shape index (κ2) is 5.97. The molecule has 0 aliphatic carbocycles. The first-order chi connectivity index (χ1) is 9.53. The van der Waals surface area contributed by atoms with Gasteiger partial charge in [0.2, 0.25) is 10.0 Å². The maximum absolute atomic E-state index is 12.2. The third kappa shape index (κ3) is 3.31. The predicted octanol–water partition coefficient (Wildman–Crippen LogP) is 0.144. The largest absolute Gasteiger partial charge is 0.381 e. The summed E-state index contributed by atoms with van der Waals surface area (Å²) in [5.74, 6) is -0.00589. The lowest BCUT2D eigenvalue weighted by atomic mass is 10.4. The summed E-state index contributed by atoms with van der Waals surface area (Å²) in [6, 6.07) is 1.63. The molecule has 0 unspecified atom stereocenters. The van der Waals surface area contributed by atoms with Crippen LogP contribution in [0, 0.1) is 0 Å². The molecule has 20 heavy (non-hydrogen) atoms. The van der Waals surface area contributed by atoms with Gasteiger partial charge in [-0.15, -0.1) is 0 Å². The summed E-state index contributed by atoms with van der Waals surface area (Å²) < 4.78 is 28.3. The third-order valence-corrected chi connectivity index (χ3v) is 4.00. The Morgan fingerprint density at radius 2 is 2.25 bits per heavy atom. The molecule has 2 rings (SSSR count). The second-order valence-electron chi connectivity index (χ2n) is 4.17. The third-order valence-electron chi connectivity index (χ3n) is 2.58. The Morgan fingerprint density at radius 1 is 1.45 bits per heavy atom. The summed E-state index contributed by atoms with van der Waals surface area (Å²) in [6.07, 6.45) is 5.18. The molecular formula is C11H16N6O2S. The molecule has 8 nitrogen and oxygen atoms in total. The monoisotopic (exact) mass is 296 g/mol. The van der Waals surface area contributed by atoms with Gasteiger partial charge < -0.3 is 5.73 Å². The number of rotatable bonds is 6. The number of hydrogen-bond acceptors (Lipinski definition) is 6. The van der Waals surface area contributed by atoms with E-state index < -0.39 is 10.0 Å². The second-order valence-corrected chi connectivity index (χ2v) is 5.90. The molecule has 2 aromatic rings. The zero-order chi connectivity index (χ0) is 14.6. The Kier molecular flexibility index (Phi) is 4.30. The Bertz CT molecular complexity index is 667. The number of aryl methyl sites for hydroxylation is 1. The van der Waals surface area contributed by atoms with Gasteiger partial charge in [-0.1, -0.05) is 6.92 Å². The summed E-state index contributed by atoms with van der Waals surface area (Å²) in [5.41, 5.74) is 6.22. The number of anilines is 1. The standard InChI is InChI=1S/C11H16N6O2S/c1-2-5-17-7-10(11(12)16-17)20(18,19)15-6-9-3-4-13-8-14-9/h3-4,7-8,15H,2,5-6H2,1H3,(H2,12,16). The number of aromatic nitrogens is 4. The van der Waals surface area contributed by atoms with Gasteiger partial charge in [-0.3, -0.25) is 4.68 Å². The number of nitrogen functional groups attached to an aromatic ring is 1. The van der Waals surface area contributed by atoms with Crippen LogP contribution in [-0.4, -0.2) is 28.2 Å². The predicted molar refractivity (Wildman–Crippen MR) is 73.0 cm³/mol. The Morgan fingerprint density at radius 3 is 2.90 bits per heavy atom.